The molecule has 0 aromatic rings. The van der Waals surface area contributed by atoms with Gasteiger partial charge in [-0.3, -0.25) is 9.80 Å². The van der Waals surface area contributed by atoms with E-state index >= 15 is 0 Å². The highest BCUT2D eigenvalue weighted by molar-refractivity contribution is 4.87. The summed E-state index contributed by atoms with van der Waals surface area (Å²) in [5, 5.41) is 8.78. The van der Waals surface area contributed by atoms with Gasteiger partial charge >= 0.3 is 0 Å². The molecule has 2 atom stereocenters. The average molecular weight is 209 g/mol. The average Bonchev–Trinajstić information content (AvgIpc) is 2.25. The highest BCUT2D eigenvalue weighted by Crippen LogP contribution is 2.15. The number of piperazine rings is 1. The van der Waals surface area contributed by atoms with Gasteiger partial charge < -0.3 is 0 Å². The van der Waals surface area contributed by atoms with Gasteiger partial charge in [0.25, 0.3) is 0 Å². The van der Waals surface area contributed by atoms with Crippen LogP contribution in [-0.4, -0.2) is 48.1 Å². The van der Waals surface area contributed by atoms with Crippen LogP contribution < -0.4 is 0 Å². The van der Waals surface area contributed by atoms with Crippen LogP contribution in [0.15, 0.2) is 0 Å². The lowest BCUT2D eigenvalue weighted by atomic mass is 10.1. The third-order valence-electron chi connectivity index (χ3n) is 3.52. The summed E-state index contributed by atoms with van der Waals surface area (Å²) in [6.07, 6.45) is 1.77. The number of nitriles is 1. The molecule has 0 spiro atoms. The number of rotatable bonds is 4. The second kappa shape index (κ2) is 6.09. The Balaban J connectivity index is 2.49. The van der Waals surface area contributed by atoms with E-state index in [0.29, 0.717) is 18.5 Å². The zero-order valence-corrected chi connectivity index (χ0v) is 10.2. The van der Waals surface area contributed by atoms with Gasteiger partial charge in [-0.05, 0) is 19.9 Å². The fourth-order valence-corrected chi connectivity index (χ4v) is 2.46. The van der Waals surface area contributed by atoms with Crippen LogP contribution in [0.2, 0.25) is 0 Å². The van der Waals surface area contributed by atoms with E-state index in [1.165, 1.54) is 0 Å². The van der Waals surface area contributed by atoms with E-state index < -0.39 is 0 Å². The summed E-state index contributed by atoms with van der Waals surface area (Å²) < 4.78 is 0. The Labute approximate surface area is 93.7 Å². The molecule has 0 saturated carbocycles. The van der Waals surface area contributed by atoms with E-state index in [9.17, 15) is 0 Å². The minimum absolute atomic E-state index is 0.469. The largest absolute Gasteiger partial charge is 0.298 e. The van der Waals surface area contributed by atoms with Gasteiger partial charge in [0.15, 0.2) is 0 Å². The molecule has 1 aliphatic heterocycles. The minimum Gasteiger partial charge on any atom is -0.298 e. The van der Waals surface area contributed by atoms with Crippen molar-refractivity contribution in [1.29, 1.82) is 5.26 Å². The molecule has 3 nitrogen and oxygen atoms in total. The zero-order chi connectivity index (χ0) is 11.3. The minimum atomic E-state index is 0.469. The molecule has 0 radical (unpaired) electrons. The molecule has 3 heteroatoms. The van der Waals surface area contributed by atoms with Gasteiger partial charge in [-0.2, -0.15) is 5.26 Å². The van der Waals surface area contributed by atoms with Crippen LogP contribution >= 0.6 is 0 Å². The molecule has 86 valence electrons. The smallest absolute Gasteiger partial charge is 0.0638 e. The molecule has 0 amide bonds. The van der Waals surface area contributed by atoms with Crippen LogP contribution in [0.1, 0.15) is 33.6 Å². The fourth-order valence-electron chi connectivity index (χ4n) is 2.46. The highest BCUT2D eigenvalue weighted by atomic mass is 15.3. The van der Waals surface area contributed by atoms with E-state index in [2.05, 4.69) is 36.6 Å². The van der Waals surface area contributed by atoms with Gasteiger partial charge in [-0.15, -0.1) is 0 Å². The molecule has 1 saturated heterocycles. The lowest BCUT2D eigenvalue weighted by molar-refractivity contribution is 0.0586. The van der Waals surface area contributed by atoms with Crippen LogP contribution in [0.4, 0.5) is 0 Å². The second-order valence-electron chi connectivity index (χ2n) is 4.40. The van der Waals surface area contributed by atoms with Crippen molar-refractivity contribution in [3.8, 4) is 6.07 Å². The lowest BCUT2D eigenvalue weighted by Gasteiger charge is -2.42. The summed E-state index contributed by atoms with van der Waals surface area (Å²) in [5.41, 5.74) is 0. The molecule has 2 unspecified atom stereocenters. The Kier molecular flexibility index (Phi) is 5.07. The van der Waals surface area contributed by atoms with Crippen LogP contribution in [0.3, 0.4) is 0 Å². The molecule has 1 rings (SSSR count). The molecule has 0 aromatic heterocycles. The summed E-state index contributed by atoms with van der Waals surface area (Å²) in [4.78, 5) is 5.00. The molecule has 15 heavy (non-hydrogen) atoms. The number of hydrogen-bond donors (Lipinski definition) is 0. The first-order valence-electron chi connectivity index (χ1n) is 6.07. The SMILES string of the molecule is CCC(CC#N)N1CCN(CC)C(C)C1. The number of hydrogen-bond acceptors (Lipinski definition) is 3. The van der Waals surface area contributed by atoms with Crippen molar-refractivity contribution in [3.63, 3.8) is 0 Å². The van der Waals surface area contributed by atoms with Gasteiger partial charge in [0.05, 0.1) is 12.5 Å². The van der Waals surface area contributed by atoms with Crippen molar-refractivity contribution in [3.05, 3.63) is 0 Å². The summed E-state index contributed by atoms with van der Waals surface area (Å²) in [7, 11) is 0. The second-order valence-corrected chi connectivity index (χ2v) is 4.40. The normalized spacial score (nSPS) is 26.1. The molecule has 0 N–H and O–H groups in total. The topological polar surface area (TPSA) is 30.3 Å². The maximum Gasteiger partial charge on any atom is 0.0638 e. The maximum atomic E-state index is 8.78. The van der Waals surface area contributed by atoms with Crippen molar-refractivity contribution in [1.82, 2.24) is 9.80 Å². The van der Waals surface area contributed by atoms with Crippen LogP contribution in [0.5, 0.6) is 0 Å². The Morgan fingerprint density at radius 2 is 2.13 bits per heavy atom. The Hall–Kier alpha value is -0.590. The number of nitrogens with zero attached hydrogens (tertiary/aromatic N) is 3. The third-order valence-corrected chi connectivity index (χ3v) is 3.52. The molecular weight excluding hydrogens is 186 g/mol. The van der Waals surface area contributed by atoms with Crippen molar-refractivity contribution < 1.29 is 0 Å². The summed E-state index contributed by atoms with van der Waals surface area (Å²) in [6.45, 7) is 11.2. The first-order chi connectivity index (χ1) is 7.22. The van der Waals surface area contributed by atoms with E-state index in [1.807, 2.05) is 0 Å². The molecule has 0 bridgehead atoms. The third kappa shape index (κ3) is 3.19. The van der Waals surface area contributed by atoms with Gasteiger partial charge in [-0.1, -0.05) is 13.8 Å². The molecule has 0 aliphatic carbocycles. The van der Waals surface area contributed by atoms with E-state index in [0.717, 1.165) is 32.6 Å². The van der Waals surface area contributed by atoms with Crippen LogP contribution in [0.25, 0.3) is 0 Å². The molecule has 0 aromatic carbocycles. The first kappa shape index (κ1) is 12.5. The van der Waals surface area contributed by atoms with E-state index in [4.69, 9.17) is 5.26 Å². The molecule has 1 fully saturated rings. The van der Waals surface area contributed by atoms with Gasteiger partial charge in [-0.25, -0.2) is 0 Å². The fraction of sp³-hybridized carbons (Fsp3) is 0.917. The summed E-state index contributed by atoms with van der Waals surface area (Å²) in [5.74, 6) is 0. The predicted molar refractivity (Wildman–Crippen MR) is 62.6 cm³/mol. The van der Waals surface area contributed by atoms with E-state index in [1.54, 1.807) is 0 Å². The van der Waals surface area contributed by atoms with Gasteiger partial charge in [0.2, 0.25) is 0 Å². The van der Waals surface area contributed by atoms with Gasteiger partial charge in [0.1, 0.15) is 0 Å². The van der Waals surface area contributed by atoms with Crippen LogP contribution in [-0.2, 0) is 0 Å². The van der Waals surface area contributed by atoms with Crippen molar-refractivity contribution in [2.75, 3.05) is 26.2 Å². The summed E-state index contributed by atoms with van der Waals surface area (Å²) >= 11 is 0. The highest BCUT2D eigenvalue weighted by Gasteiger charge is 2.26. The van der Waals surface area contributed by atoms with Crippen molar-refractivity contribution in [2.24, 2.45) is 0 Å². The predicted octanol–water partition coefficient (Wildman–Crippen LogP) is 1.70. The van der Waals surface area contributed by atoms with Gasteiger partial charge in [0, 0.05) is 31.7 Å². The monoisotopic (exact) mass is 209 g/mol. The summed E-state index contributed by atoms with van der Waals surface area (Å²) in [6, 6.07) is 3.41. The molecule has 1 aliphatic rings. The van der Waals surface area contributed by atoms with Crippen LogP contribution in [0, 0.1) is 11.3 Å². The molecular formula is C12H23N3. The first-order valence-corrected chi connectivity index (χ1v) is 6.07. The zero-order valence-electron chi connectivity index (χ0n) is 10.2. The van der Waals surface area contributed by atoms with Crippen molar-refractivity contribution >= 4 is 0 Å². The lowest BCUT2D eigenvalue weighted by Crippen LogP contribution is -2.54. The van der Waals surface area contributed by atoms with Crippen molar-refractivity contribution in [2.45, 2.75) is 45.7 Å². The molecule has 1 heterocycles. The Morgan fingerprint density at radius 3 is 2.60 bits per heavy atom. The standard InChI is InChI=1S/C12H23N3/c1-4-12(6-7-13)15-9-8-14(5-2)11(3)10-15/h11-12H,4-6,8-10H2,1-3H3. The number of likely N-dealkylation sites (N-methyl/N-ethyl adjacent to an activating group) is 1. The maximum absolute atomic E-state index is 8.78. The van der Waals surface area contributed by atoms with E-state index in [-0.39, 0.29) is 0 Å². The quantitative estimate of drug-likeness (QED) is 0.706. The Morgan fingerprint density at radius 1 is 1.40 bits per heavy atom. The Bertz CT molecular complexity index is 221.